The molecule has 2 saturated heterocycles. The van der Waals surface area contributed by atoms with Gasteiger partial charge in [0.1, 0.15) is 6.54 Å². The molecule has 3 rings (SSSR count). The Morgan fingerprint density at radius 3 is 2.64 bits per heavy atom. The molecule has 2 aliphatic heterocycles. The lowest BCUT2D eigenvalue weighted by Crippen LogP contribution is -2.52. The molecule has 2 fully saturated rings. The molecule has 0 aromatic carbocycles. The Balaban J connectivity index is 1.58. The van der Waals surface area contributed by atoms with Crippen molar-refractivity contribution in [3.63, 3.8) is 0 Å². The van der Waals surface area contributed by atoms with Crippen molar-refractivity contribution in [2.45, 2.75) is 0 Å². The van der Waals surface area contributed by atoms with Crippen LogP contribution in [-0.4, -0.2) is 82.7 Å². The SMILES string of the molecule is O=C(CN1C(=O)S/C(=C\c2cccs2)C1=O)N1CCN(CCO)CC1. The first-order valence-electron chi connectivity index (χ1n) is 7.98. The van der Waals surface area contributed by atoms with E-state index in [0.29, 0.717) is 37.6 Å². The Morgan fingerprint density at radius 1 is 1.24 bits per heavy atom. The van der Waals surface area contributed by atoms with E-state index in [9.17, 15) is 14.4 Å². The van der Waals surface area contributed by atoms with Crippen LogP contribution in [0.4, 0.5) is 4.79 Å². The second-order valence-corrected chi connectivity index (χ2v) is 7.70. The highest BCUT2D eigenvalue weighted by Gasteiger charge is 2.37. The third-order valence-corrected chi connectivity index (χ3v) is 5.85. The normalized spacial score (nSPS) is 20.8. The van der Waals surface area contributed by atoms with Crippen LogP contribution in [0, 0.1) is 0 Å². The number of β-amino-alcohol motifs (C(OH)–C–C–N with tert-alkyl or cyclic N) is 1. The van der Waals surface area contributed by atoms with E-state index in [1.54, 1.807) is 11.0 Å². The average molecular weight is 381 g/mol. The number of amides is 3. The molecule has 2 aliphatic rings. The number of aliphatic hydroxyl groups is 1. The summed E-state index contributed by atoms with van der Waals surface area (Å²) in [7, 11) is 0. The molecule has 0 radical (unpaired) electrons. The molecule has 1 aromatic rings. The summed E-state index contributed by atoms with van der Waals surface area (Å²) in [6.45, 7) is 2.94. The summed E-state index contributed by atoms with van der Waals surface area (Å²) in [6.07, 6.45) is 1.69. The van der Waals surface area contributed by atoms with Gasteiger partial charge in [0, 0.05) is 37.6 Å². The number of aliphatic hydroxyl groups excluding tert-OH is 1. The molecule has 3 amide bonds. The molecule has 0 unspecified atom stereocenters. The fourth-order valence-electron chi connectivity index (χ4n) is 2.74. The van der Waals surface area contributed by atoms with E-state index in [-0.39, 0.29) is 19.1 Å². The Morgan fingerprint density at radius 2 is 2.00 bits per heavy atom. The van der Waals surface area contributed by atoms with E-state index in [1.165, 1.54) is 11.3 Å². The van der Waals surface area contributed by atoms with Crippen molar-refractivity contribution in [1.82, 2.24) is 14.7 Å². The highest BCUT2D eigenvalue weighted by atomic mass is 32.2. The van der Waals surface area contributed by atoms with Gasteiger partial charge in [-0.25, -0.2) is 0 Å². The molecule has 1 aromatic heterocycles. The predicted octanol–water partition coefficient (Wildman–Crippen LogP) is 0.921. The van der Waals surface area contributed by atoms with Crippen molar-refractivity contribution in [3.05, 3.63) is 27.3 Å². The Hall–Kier alpha value is -1.68. The summed E-state index contributed by atoms with van der Waals surface area (Å²) in [5.74, 6) is -0.626. The number of imide groups is 1. The van der Waals surface area contributed by atoms with Gasteiger partial charge in [0.05, 0.1) is 11.5 Å². The largest absolute Gasteiger partial charge is 0.395 e. The first kappa shape index (κ1) is 18.1. The van der Waals surface area contributed by atoms with Crippen molar-refractivity contribution >= 4 is 46.2 Å². The topological polar surface area (TPSA) is 81.2 Å². The maximum absolute atomic E-state index is 12.4. The molecule has 0 saturated carbocycles. The lowest BCUT2D eigenvalue weighted by atomic mass is 10.3. The van der Waals surface area contributed by atoms with Gasteiger partial charge in [-0.1, -0.05) is 6.07 Å². The number of thioether (sulfide) groups is 1. The highest BCUT2D eigenvalue weighted by Crippen LogP contribution is 2.32. The Kier molecular flexibility index (Phi) is 5.89. The zero-order valence-electron chi connectivity index (χ0n) is 13.6. The molecule has 0 spiro atoms. The fourth-order valence-corrected chi connectivity index (χ4v) is 4.30. The summed E-state index contributed by atoms with van der Waals surface area (Å²) >= 11 is 2.36. The van der Waals surface area contributed by atoms with Gasteiger partial charge in [0.15, 0.2) is 0 Å². The van der Waals surface area contributed by atoms with Crippen LogP contribution in [-0.2, 0) is 9.59 Å². The number of rotatable bonds is 5. The maximum atomic E-state index is 12.4. The van der Waals surface area contributed by atoms with Gasteiger partial charge in [-0.3, -0.25) is 24.2 Å². The van der Waals surface area contributed by atoms with Gasteiger partial charge in [0.25, 0.3) is 11.1 Å². The molecule has 25 heavy (non-hydrogen) atoms. The van der Waals surface area contributed by atoms with Gasteiger partial charge in [0.2, 0.25) is 5.91 Å². The van der Waals surface area contributed by atoms with Gasteiger partial charge < -0.3 is 10.0 Å². The molecule has 9 heteroatoms. The van der Waals surface area contributed by atoms with Gasteiger partial charge in [-0.2, -0.15) is 0 Å². The molecule has 7 nitrogen and oxygen atoms in total. The van der Waals surface area contributed by atoms with Gasteiger partial charge in [-0.05, 0) is 29.3 Å². The van der Waals surface area contributed by atoms with Crippen LogP contribution in [0.15, 0.2) is 22.4 Å². The van der Waals surface area contributed by atoms with Crippen molar-refractivity contribution in [2.24, 2.45) is 0 Å². The Bertz CT molecular complexity index is 682. The number of thiophene rings is 1. The summed E-state index contributed by atoms with van der Waals surface area (Å²) in [4.78, 5) is 43.0. The predicted molar refractivity (Wildman–Crippen MR) is 97.1 cm³/mol. The van der Waals surface area contributed by atoms with Crippen molar-refractivity contribution in [3.8, 4) is 0 Å². The fraction of sp³-hybridized carbons (Fsp3) is 0.438. The second-order valence-electron chi connectivity index (χ2n) is 5.73. The smallest absolute Gasteiger partial charge is 0.294 e. The highest BCUT2D eigenvalue weighted by molar-refractivity contribution is 8.18. The van der Waals surface area contributed by atoms with Gasteiger partial charge in [-0.15, -0.1) is 11.3 Å². The minimum atomic E-state index is -0.407. The van der Waals surface area contributed by atoms with E-state index >= 15 is 0 Å². The summed E-state index contributed by atoms with van der Waals surface area (Å²) in [5, 5.41) is 10.4. The molecular formula is C16H19N3O4S2. The Labute approximate surface area is 153 Å². The lowest BCUT2D eigenvalue weighted by molar-refractivity contribution is -0.137. The molecule has 134 valence electrons. The van der Waals surface area contributed by atoms with Crippen LogP contribution in [0.5, 0.6) is 0 Å². The van der Waals surface area contributed by atoms with Crippen LogP contribution in [0.3, 0.4) is 0 Å². The van der Waals surface area contributed by atoms with E-state index in [0.717, 1.165) is 21.5 Å². The summed E-state index contributed by atoms with van der Waals surface area (Å²) < 4.78 is 0. The quantitative estimate of drug-likeness (QED) is 0.764. The van der Waals surface area contributed by atoms with Crippen LogP contribution >= 0.6 is 23.1 Å². The number of carbonyl (C=O) groups is 3. The minimum Gasteiger partial charge on any atom is -0.395 e. The van der Waals surface area contributed by atoms with Gasteiger partial charge >= 0.3 is 0 Å². The number of piperazine rings is 1. The zero-order chi connectivity index (χ0) is 17.8. The van der Waals surface area contributed by atoms with Crippen LogP contribution < -0.4 is 0 Å². The lowest BCUT2D eigenvalue weighted by Gasteiger charge is -2.34. The monoisotopic (exact) mass is 381 g/mol. The molecule has 0 bridgehead atoms. The molecular weight excluding hydrogens is 362 g/mol. The standard InChI is InChI=1S/C16H19N3O4S2/c20-8-7-17-3-5-18(6-4-17)14(21)11-19-15(22)13(25-16(19)23)10-12-2-1-9-24-12/h1-2,9-10,20H,3-8,11H2/b13-10-. The minimum absolute atomic E-state index is 0.0985. The third kappa shape index (κ3) is 4.30. The maximum Gasteiger partial charge on any atom is 0.294 e. The second kappa shape index (κ2) is 8.13. The van der Waals surface area contributed by atoms with E-state index in [4.69, 9.17) is 5.11 Å². The van der Waals surface area contributed by atoms with Crippen LogP contribution in [0.2, 0.25) is 0 Å². The van der Waals surface area contributed by atoms with E-state index in [1.807, 2.05) is 17.5 Å². The van der Waals surface area contributed by atoms with Crippen molar-refractivity contribution in [1.29, 1.82) is 0 Å². The van der Waals surface area contributed by atoms with E-state index in [2.05, 4.69) is 4.90 Å². The van der Waals surface area contributed by atoms with Crippen molar-refractivity contribution < 1.29 is 19.5 Å². The number of carbonyl (C=O) groups excluding carboxylic acids is 3. The summed E-state index contributed by atoms with van der Waals surface area (Å²) in [6, 6.07) is 3.75. The average Bonchev–Trinajstić information content (AvgIpc) is 3.20. The number of nitrogens with zero attached hydrogens (tertiary/aromatic N) is 3. The third-order valence-electron chi connectivity index (χ3n) is 4.12. The van der Waals surface area contributed by atoms with E-state index < -0.39 is 11.1 Å². The molecule has 3 heterocycles. The first-order chi connectivity index (χ1) is 12.1. The first-order valence-corrected chi connectivity index (χ1v) is 9.68. The summed E-state index contributed by atoms with van der Waals surface area (Å²) in [5.41, 5.74) is 0. The molecule has 0 atom stereocenters. The van der Waals surface area contributed by atoms with Crippen molar-refractivity contribution in [2.75, 3.05) is 45.9 Å². The molecule has 1 N–H and O–H groups in total. The molecule has 0 aliphatic carbocycles. The van der Waals surface area contributed by atoms with Crippen LogP contribution in [0.25, 0.3) is 6.08 Å². The zero-order valence-corrected chi connectivity index (χ0v) is 15.2. The number of hydrogen-bond donors (Lipinski definition) is 1. The number of hydrogen-bond acceptors (Lipinski definition) is 7. The van der Waals surface area contributed by atoms with Crippen LogP contribution in [0.1, 0.15) is 4.88 Å².